The van der Waals surface area contributed by atoms with Crippen LogP contribution in [0.15, 0.2) is 0 Å². The minimum Gasteiger partial charge on any atom is -0.481 e. The third-order valence-electron chi connectivity index (χ3n) is 9.70. The molecule has 15 heteroatoms. The van der Waals surface area contributed by atoms with Crippen LogP contribution in [0.1, 0.15) is 89.9 Å². The first kappa shape index (κ1) is 34.6. The van der Waals surface area contributed by atoms with Gasteiger partial charge >= 0.3 is 5.97 Å². The van der Waals surface area contributed by atoms with Gasteiger partial charge in [-0.1, -0.05) is 6.42 Å². The van der Waals surface area contributed by atoms with Gasteiger partial charge in [0.25, 0.3) is 0 Å². The summed E-state index contributed by atoms with van der Waals surface area (Å²) in [6.45, 7) is 0.622. The molecular formula is C28H49N3O11S. The number of carbonyl (C=O) groups excluding carboxylic acids is 1. The van der Waals surface area contributed by atoms with Gasteiger partial charge in [-0.05, 0) is 95.3 Å². The Morgan fingerprint density at radius 3 is 2.40 bits per heavy atom. The van der Waals surface area contributed by atoms with Crippen molar-refractivity contribution in [2.24, 2.45) is 29.6 Å². The Morgan fingerprint density at radius 2 is 1.63 bits per heavy atom. The van der Waals surface area contributed by atoms with Gasteiger partial charge in [0.15, 0.2) is 11.1 Å². The molecule has 0 bridgehead atoms. The zero-order chi connectivity index (χ0) is 30.8. The normalized spacial score (nSPS) is 37.8. The van der Waals surface area contributed by atoms with E-state index in [1.54, 1.807) is 0 Å². The first-order valence-electron chi connectivity index (χ1n) is 15.7. The van der Waals surface area contributed by atoms with Gasteiger partial charge in [-0.3, -0.25) is 19.0 Å². The molecule has 11 atom stereocenters. The molecule has 4 aliphatic rings. The molecule has 11 unspecified atom stereocenters. The molecule has 4 fully saturated rings. The van der Waals surface area contributed by atoms with Crippen LogP contribution in [0.5, 0.6) is 0 Å². The molecule has 0 spiro atoms. The van der Waals surface area contributed by atoms with Crippen LogP contribution in [0.4, 0.5) is 0 Å². The summed E-state index contributed by atoms with van der Waals surface area (Å²) in [7, 11) is 0. The number of hydrogen-bond donors (Lipinski definition) is 6. The Morgan fingerprint density at radius 1 is 0.837 bits per heavy atom. The standard InChI is InChI=1S/C28H49N3O11S/c29-42-40-22-9-10-25(28(34)35)26(14-22)27(33)30-19-3-2-6-24(13-19)43(37)41-23-5-1-4-20(12-23)31-38-15-18-11-21(32)8-7-17(18)16-39-36/h17-26,31-32,36H,1-16,29H2,(H,30,33)(H,34,35). The molecule has 0 radical (unpaired) electrons. The molecule has 43 heavy (non-hydrogen) atoms. The Bertz CT molecular complexity index is 917. The van der Waals surface area contributed by atoms with Crippen LogP contribution in [0.25, 0.3) is 0 Å². The van der Waals surface area contributed by atoms with Crippen molar-refractivity contribution in [3.05, 3.63) is 0 Å². The fourth-order valence-corrected chi connectivity index (χ4v) is 8.64. The minimum absolute atomic E-state index is 0.0466. The highest BCUT2D eigenvalue weighted by Crippen LogP contribution is 2.34. The number of carbonyl (C=O) groups is 2. The van der Waals surface area contributed by atoms with E-state index in [1.807, 2.05) is 0 Å². The quantitative estimate of drug-likeness (QED) is 0.119. The fraction of sp³-hybridized carbons (Fsp3) is 0.929. The van der Waals surface area contributed by atoms with Crippen LogP contribution in [0.3, 0.4) is 0 Å². The number of hydroxylamine groups is 1. The van der Waals surface area contributed by atoms with Crippen LogP contribution in [-0.2, 0) is 44.5 Å². The first-order valence-corrected chi connectivity index (χ1v) is 16.9. The van der Waals surface area contributed by atoms with Gasteiger partial charge in [0.1, 0.15) is 0 Å². The molecule has 7 N–H and O–H groups in total. The van der Waals surface area contributed by atoms with Crippen molar-refractivity contribution < 1.29 is 53.1 Å². The highest BCUT2D eigenvalue weighted by molar-refractivity contribution is 7.80. The second kappa shape index (κ2) is 17.4. The maximum atomic E-state index is 13.3. The van der Waals surface area contributed by atoms with Crippen molar-refractivity contribution in [3.63, 3.8) is 0 Å². The van der Waals surface area contributed by atoms with Crippen molar-refractivity contribution >= 4 is 23.0 Å². The van der Waals surface area contributed by atoms with Crippen LogP contribution >= 0.6 is 0 Å². The van der Waals surface area contributed by atoms with E-state index in [0.29, 0.717) is 38.7 Å². The number of hydrogen-bond acceptors (Lipinski definition) is 12. The molecule has 1 amide bonds. The van der Waals surface area contributed by atoms with Gasteiger partial charge in [-0.2, -0.15) is 11.4 Å². The van der Waals surface area contributed by atoms with E-state index in [1.165, 1.54) is 0 Å². The van der Waals surface area contributed by atoms with E-state index in [2.05, 4.69) is 20.7 Å². The lowest BCUT2D eigenvalue weighted by molar-refractivity contribution is -0.335. The van der Waals surface area contributed by atoms with Crippen LogP contribution < -0.4 is 16.7 Å². The second-order valence-electron chi connectivity index (χ2n) is 12.7. The zero-order valence-corrected chi connectivity index (χ0v) is 25.5. The number of carboxylic acids is 1. The van der Waals surface area contributed by atoms with Gasteiger partial charge in [0.2, 0.25) is 5.91 Å². The van der Waals surface area contributed by atoms with Crippen LogP contribution in [-0.4, -0.2) is 80.4 Å². The maximum Gasteiger partial charge on any atom is 0.307 e. The summed E-state index contributed by atoms with van der Waals surface area (Å²) in [6.07, 6.45) is 8.00. The zero-order valence-electron chi connectivity index (χ0n) is 24.7. The average Bonchev–Trinajstić information content (AvgIpc) is 2.99. The third-order valence-corrected chi connectivity index (χ3v) is 11.1. The van der Waals surface area contributed by atoms with Crippen molar-refractivity contribution in [1.29, 1.82) is 0 Å². The molecule has 248 valence electrons. The predicted molar refractivity (Wildman–Crippen MR) is 153 cm³/mol. The van der Waals surface area contributed by atoms with Crippen LogP contribution in [0, 0.1) is 23.7 Å². The molecule has 0 aromatic rings. The molecule has 0 aliphatic heterocycles. The summed E-state index contributed by atoms with van der Waals surface area (Å²) in [5.74, 6) is 2.28. The van der Waals surface area contributed by atoms with E-state index >= 15 is 0 Å². The summed E-state index contributed by atoms with van der Waals surface area (Å²) in [4.78, 5) is 44.4. The van der Waals surface area contributed by atoms with E-state index in [0.717, 1.165) is 44.9 Å². The Labute approximate surface area is 255 Å². The molecule has 4 aliphatic carbocycles. The van der Waals surface area contributed by atoms with E-state index < -0.39 is 35.0 Å². The summed E-state index contributed by atoms with van der Waals surface area (Å²) < 4.78 is 19.3. The summed E-state index contributed by atoms with van der Waals surface area (Å²) in [6, 6.07) is -0.168. The number of aliphatic hydroxyl groups excluding tert-OH is 1. The predicted octanol–water partition coefficient (Wildman–Crippen LogP) is 1.88. The van der Waals surface area contributed by atoms with E-state index in [4.69, 9.17) is 25.1 Å². The summed E-state index contributed by atoms with van der Waals surface area (Å²) in [5, 5.41) is 31.4. The lowest BCUT2D eigenvalue weighted by Gasteiger charge is -2.35. The average molecular weight is 636 g/mol. The lowest BCUT2D eigenvalue weighted by Crippen LogP contribution is -2.48. The molecule has 0 aromatic heterocycles. The molecule has 0 saturated heterocycles. The second-order valence-corrected chi connectivity index (χ2v) is 14.1. The number of aliphatic carboxylic acids is 1. The largest absolute Gasteiger partial charge is 0.481 e. The Hall–Kier alpha value is -1.27. The van der Waals surface area contributed by atoms with Crippen molar-refractivity contribution in [2.45, 2.75) is 126 Å². The van der Waals surface area contributed by atoms with Gasteiger partial charge < -0.3 is 20.4 Å². The number of nitrogens with one attached hydrogen (secondary N) is 2. The van der Waals surface area contributed by atoms with Crippen LogP contribution in [0.2, 0.25) is 0 Å². The Balaban J connectivity index is 1.21. The molecular weight excluding hydrogens is 586 g/mol. The van der Waals surface area contributed by atoms with Crippen molar-refractivity contribution in [2.75, 3.05) is 13.2 Å². The Kier molecular flexibility index (Phi) is 14.0. The van der Waals surface area contributed by atoms with Gasteiger partial charge in [0, 0.05) is 12.1 Å². The SMILES string of the molecule is NOOC1CCC(C(=O)O)C(C(=O)NC2CCCC(S(=O)OC3CCCC(NOCC4CC(O)CCC4COO)C3)C2)C1. The van der Waals surface area contributed by atoms with Gasteiger partial charge in [-0.25, -0.2) is 14.0 Å². The number of carboxylic acid groups (broad SMARTS) is 1. The molecule has 0 aromatic carbocycles. The lowest BCUT2D eigenvalue weighted by atomic mass is 9.77. The van der Waals surface area contributed by atoms with Gasteiger partial charge in [-0.15, -0.1) is 4.99 Å². The smallest absolute Gasteiger partial charge is 0.307 e. The van der Waals surface area contributed by atoms with E-state index in [-0.39, 0.29) is 66.7 Å². The minimum atomic E-state index is -1.53. The highest BCUT2D eigenvalue weighted by Gasteiger charge is 2.41. The van der Waals surface area contributed by atoms with Crippen molar-refractivity contribution in [3.8, 4) is 0 Å². The summed E-state index contributed by atoms with van der Waals surface area (Å²) in [5.41, 5.74) is 3.13. The fourth-order valence-electron chi connectivity index (χ4n) is 7.29. The monoisotopic (exact) mass is 635 g/mol. The number of aliphatic hydroxyl groups is 1. The number of rotatable bonds is 14. The topological polar surface area (TPSA) is 208 Å². The molecule has 14 nitrogen and oxygen atoms in total. The molecule has 4 rings (SSSR count). The molecule has 0 heterocycles. The van der Waals surface area contributed by atoms with E-state index in [9.17, 15) is 24.0 Å². The summed E-state index contributed by atoms with van der Waals surface area (Å²) >= 11 is -1.53. The third kappa shape index (κ3) is 10.4. The molecule has 4 saturated carbocycles. The van der Waals surface area contributed by atoms with Gasteiger partial charge in [0.05, 0.1) is 48.6 Å². The maximum absolute atomic E-state index is 13.3. The number of amides is 1. The first-order chi connectivity index (χ1) is 20.8. The number of nitrogens with two attached hydrogens (primary N) is 1. The van der Waals surface area contributed by atoms with Crippen molar-refractivity contribution in [1.82, 2.24) is 10.8 Å². The highest BCUT2D eigenvalue weighted by atomic mass is 32.2.